The maximum atomic E-state index is 13.0. The molecule has 0 aliphatic heterocycles. The number of halogens is 1. The van der Waals surface area contributed by atoms with Crippen LogP contribution in [0.1, 0.15) is 26.5 Å². The minimum atomic E-state index is -0.525. The van der Waals surface area contributed by atoms with Crippen molar-refractivity contribution in [1.82, 2.24) is 5.32 Å². The molecule has 0 spiro atoms. The molecular weight excluding hydrogens is 479 g/mol. The molecule has 2 amide bonds. The van der Waals surface area contributed by atoms with E-state index in [-0.39, 0.29) is 17.2 Å². The average Bonchev–Trinajstić information content (AvgIpc) is 3.42. The highest BCUT2D eigenvalue weighted by molar-refractivity contribution is 8.00. The van der Waals surface area contributed by atoms with Crippen LogP contribution in [-0.2, 0) is 4.79 Å². The molecule has 0 fully saturated rings. The summed E-state index contributed by atoms with van der Waals surface area (Å²) in [6, 6.07) is 24.3. The second-order valence-electron chi connectivity index (χ2n) is 7.59. The van der Waals surface area contributed by atoms with Crippen molar-refractivity contribution in [2.24, 2.45) is 0 Å². The zero-order chi connectivity index (χ0) is 25.3. The summed E-state index contributed by atoms with van der Waals surface area (Å²) in [7, 11) is 0. The summed E-state index contributed by atoms with van der Waals surface area (Å²) in [5.74, 6) is -0.855. The summed E-state index contributed by atoms with van der Waals surface area (Å²) in [6.07, 6.45) is 2.92. The van der Waals surface area contributed by atoms with Gasteiger partial charge in [-0.2, -0.15) is 0 Å². The fourth-order valence-electron chi connectivity index (χ4n) is 3.16. The van der Waals surface area contributed by atoms with E-state index >= 15 is 0 Å². The molecule has 4 aromatic rings. The molecule has 4 rings (SSSR count). The van der Waals surface area contributed by atoms with Crippen LogP contribution in [0.5, 0.6) is 0 Å². The lowest BCUT2D eigenvalue weighted by Crippen LogP contribution is -2.30. The van der Waals surface area contributed by atoms with E-state index in [0.29, 0.717) is 22.6 Å². The molecule has 0 unspecified atom stereocenters. The highest BCUT2D eigenvalue weighted by Gasteiger charge is 2.16. The van der Waals surface area contributed by atoms with Crippen LogP contribution >= 0.6 is 11.8 Å². The normalized spacial score (nSPS) is 11.1. The molecule has 0 aliphatic rings. The van der Waals surface area contributed by atoms with Gasteiger partial charge in [0.05, 0.1) is 12.0 Å². The Balaban J connectivity index is 1.40. The van der Waals surface area contributed by atoms with Gasteiger partial charge < -0.3 is 15.1 Å². The first kappa shape index (κ1) is 24.7. The van der Waals surface area contributed by atoms with E-state index in [1.165, 1.54) is 48.4 Å². The number of anilines is 1. The van der Waals surface area contributed by atoms with E-state index in [4.69, 9.17) is 4.42 Å². The van der Waals surface area contributed by atoms with Crippen LogP contribution in [0.15, 0.2) is 112 Å². The number of furan rings is 1. The summed E-state index contributed by atoms with van der Waals surface area (Å²) in [5, 5.41) is 5.40. The second-order valence-corrected chi connectivity index (χ2v) is 8.64. The Morgan fingerprint density at radius 1 is 0.833 bits per heavy atom. The van der Waals surface area contributed by atoms with Gasteiger partial charge in [0.15, 0.2) is 5.78 Å². The van der Waals surface area contributed by atoms with E-state index in [2.05, 4.69) is 10.6 Å². The van der Waals surface area contributed by atoms with Gasteiger partial charge in [0, 0.05) is 27.8 Å². The predicted molar refractivity (Wildman–Crippen MR) is 137 cm³/mol. The van der Waals surface area contributed by atoms with Crippen molar-refractivity contribution >= 4 is 41.1 Å². The molecule has 1 aromatic heterocycles. The zero-order valence-corrected chi connectivity index (χ0v) is 19.8. The lowest BCUT2D eigenvalue weighted by molar-refractivity contribution is -0.113. The zero-order valence-electron chi connectivity index (χ0n) is 18.9. The first-order valence-electron chi connectivity index (χ1n) is 10.9. The van der Waals surface area contributed by atoms with Crippen LogP contribution < -0.4 is 10.6 Å². The molecule has 0 bridgehead atoms. The fraction of sp³-hybridized carbons (Fsp3) is 0.0357. The van der Waals surface area contributed by atoms with Crippen LogP contribution in [0.25, 0.3) is 6.08 Å². The summed E-state index contributed by atoms with van der Waals surface area (Å²) in [6.45, 7) is 0. The smallest absolute Gasteiger partial charge is 0.272 e. The Hall–Kier alpha value is -4.43. The lowest BCUT2D eigenvalue weighted by atomic mass is 10.1. The van der Waals surface area contributed by atoms with E-state index in [9.17, 15) is 18.8 Å². The van der Waals surface area contributed by atoms with Gasteiger partial charge in [-0.25, -0.2) is 4.39 Å². The number of benzene rings is 3. The maximum absolute atomic E-state index is 13.0. The quantitative estimate of drug-likeness (QED) is 0.172. The average molecular weight is 501 g/mol. The Bertz CT molecular complexity index is 1370. The van der Waals surface area contributed by atoms with Gasteiger partial charge in [-0.3, -0.25) is 14.4 Å². The standard InChI is InChI=1S/C28H21FN2O4S/c29-21-10-8-19(9-11-21)26(32)18-36-24-14-12-22(13-15-24)30-28(34)25(17-23-7-4-16-35-23)31-27(33)20-5-2-1-3-6-20/h1-17H,18H2,(H,30,34)(H,31,33)/b25-17-. The highest BCUT2D eigenvalue weighted by atomic mass is 32.2. The Kier molecular flexibility index (Phi) is 8.10. The predicted octanol–water partition coefficient (Wildman–Crippen LogP) is 5.80. The van der Waals surface area contributed by atoms with Crippen molar-refractivity contribution in [1.29, 1.82) is 0 Å². The van der Waals surface area contributed by atoms with Gasteiger partial charge in [0.2, 0.25) is 0 Å². The minimum absolute atomic E-state index is 0.0159. The van der Waals surface area contributed by atoms with Gasteiger partial charge in [0.1, 0.15) is 17.3 Å². The molecule has 0 saturated heterocycles. The molecule has 6 nitrogen and oxygen atoms in total. The van der Waals surface area contributed by atoms with Crippen molar-refractivity contribution in [3.8, 4) is 0 Å². The molecule has 0 saturated carbocycles. The number of carbonyl (C=O) groups excluding carboxylic acids is 3. The highest BCUT2D eigenvalue weighted by Crippen LogP contribution is 2.22. The van der Waals surface area contributed by atoms with Crippen molar-refractivity contribution in [3.63, 3.8) is 0 Å². The second kappa shape index (κ2) is 11.8. The summed E-state index contributed by atoms with van der Waals surface area (Å²) in [5.41, 5.74) is 1.38. The van der Waals surface area contributed by atoms with Gasteiger partial charge >= 0.3 is 0 Å². The minimum Gasteiger partial charge on any atom is -0.465 e. The molecule has 2 N–H and O–H groups in total. The molecule has 3 aromatic carbocycles. The number of nitrogens with one attached hydrogen (secondary N) is 2. The number of rotatable bonds is 9. The van der Waals surface area contributed by atoms with E-state index in [1.807, 2.05) is 0 Å². The van der Waals surface area contributed by atoms with Gasteiger partial charge in [0.25, 0.3) is 11.8 Å². The summed E-state index contributed by atoms with van der Waals surface area (Å²) in [4.78, 5) is 38.7. The molecule has 36 heavy (non-hydrogen) atoms. The Morgan fingerprint density at radius 3 is 2.22 bits per heavy atom. The van der Waals surface area contributed by atoms with Crippen molar-refractivity contribution in [2.45, 2.75) is 4.90 Å². The third-order valence-corrected chi connectivity index (χ3v) is 6.02. The number of hydrogen-bond acceptors (Lipinski definition) is 5. The summed E-state index contributed by atoms with van der Waals surface area (Å²) < 4.78 is 18.3. The Morgan fingerprint density at radius 2 is 1.56 bits per heavy atom. The third-order valence-electron chi connectivity index (χ3n) is 5.01. The van der Waals surface area contributed by atoms with Crippen molar-refractivity contribution in [2.75, 3.05) is 11.1 Å². The third kappa shape index (κ3) is 6.80. The SMILES string of the molecule is O=C(Nc1ccc(SCC(=O)c2ccc(F)cc2)cc1)/C(=C/c1ccco1)NC(=O)c1ccccc1. The first-order valence-corrected chi connectivity index (χ1v) is 11.9. The Labute approximate surface area is 211 Å². The topological polar surface area (TPSA) is 88.4 Å². The first-order chi connectivity index (χ1) is 17.5. The number of ketones is 1. The number of thioether (sulfide) groups is 1. The van der Waals surface area contributed by atoms with Crippen LogP contribution in [0.4, 0.5) is 10.1 Å². The molecule has 0 aliphatic carbocycles. The van der Waals surface area contributed by atoms with E-state index in [0.717, 1.165) is 4.90 Å². The molecular formula is C28H21FN2O4S. The van der Waals surface area contributed by atoms with Crippen LogP contribution in [-0.4, -0.2) is 23.4 Å². The van der Waals surface area contributed by atoms with Gasteiger partial charge in [-0.05, 0) is 72.8 Å². The van der Waals surface area contributed by atoms with Gasteiger partial charge in [-0.15, -0.1) is 11.8 Å². The number of amides is 2. The summed E-state index contributed by atoms with van der Waals surface area (Å²) >= 11 is 1.33. The maximum Gasteiger partial charge on any atom is 0.272 e. The largest absolute Gasteiger partial charge is 0.465 e. The number of hydrogen-bond donors (Lipinski definition) is 2. The lowest BCUT2D eigenvalue weighted by Gasteiger charge is -2.11. The van der Waals surface area contributed by atoms with Crippen LogP contribution in [0, 0.1) is 5.82 Å². The number of carbonyl (C=O) groups is 3. The van der Waals surface area contributed by atoms with Crippen molar-refractivity contribution < 1.29 is 23.2 Å². The fourth-order valence-corrected chi connectivity index (χ4v) is 3.95. The molecule has 1 heterocycles. The van der Waals surface area contributed by atoms with Gasteiger partial charge in [-0.1, -0.05) is 18.2 Å². The molecule has 0 radical (unpaired) electrons. The monoisotopic (exact) mass is 500 g/mol. The van der Waals surface area contributed by atoms with E-state index in [1.54, 1.807) is 66.7 Å². The molecule has 8 heteroatoms. The van der Waals surface area contributed by atoms with Crippen LogP contribution in [0.2, 0.25) is 0 Å². The van der Waals surface area contributed by atoms with E-state index < -0.39 is 17.6 Å². The number of Topliss-reactive ketones (excluding diaryl/α,β-unsaturated/α-hetero) is 1. The molecule has 180 valence electrons. The van der Waals surface area contributed by atoms with Crippen LogP contribution in [0.3, 0.4) is 0 Å². The van der Waals surface area contributed by atoms with Crippen molar-refractivity contribution in [3.05, 3.63) is 126 Å². The molecule has 0 atom stereocenters.